The van der Waals surface area contributed by atoms with E-state index in [1.54, 1.807) is 0 Å². The highest BCUT2D eigenvalue weighted by atomic mass is 16.5. The van der Waals surface area contributed by atoms with Crippen molar-refractivity contribution in [2.45, 2.75) is 111 Å². The monoisotopic (exact) mass is 492 g/mol. The summed E-state index contributed by atoms with van der Waals surface area (Å²) in [5, 5.41) is 23.7. The lowest BCUT2D eigenvalue weighted by molar-refractivity contribution is -0.230. The number of esters is 2. The Morgan fingerprint density at radius 1 is 1.06 bits per heavy atom. The van der Waals surface area contributed by atoms with Crippen LogP contribution in [0.2, 0.25) is 0 Å². The van der Waals surface area contributed by atoms with Crippen LogP contribution in [0.3, 0.4) is 0 Å². The van der Waals surface area contributed by atoms with E-state index >= 15 is 0 Å². The molecule has 0 amide bonds. The van der Waals surface area contributed by atoms with Gasteiger partial charge < -0.3 is 19.7 Å². The lowest BCUT2D eigenvalue weighted by Gasteiger charge is -2.65. The maximum atomic E-state index is 11.9. The Kier molecular flexibility index (Phi) is 7.66. The Labute approximate surface area is 211 Å². The van der Waals surface area contributed by atoms with Crippen LogP contribution in [-0.2, 0) is 19.1 Å². The van der Waals surface area contributed by atoms with Gasteiger partial charge in [-0.3, -0.25) is 9.59 Å². The number of carbonyl (C=O) groups excluding carboxylic acids is 2. The highest BCUT2D eigenvalue weighted by Gasteiger charge is 2.67. The summed E-state index contributed by atoms with van der Waals surface area (Å²) in [4.78, 5) is 23.4. The number of aliphatic hydroxyl groups excluding tert-OH is 2. The fourth-order valence-corrected chi connectivity index (χ4v) is 9.86. The smallest absolute Gasteiger partial charge is 0.305 e. The van der Waals surface area contributed by atoms with E-state index in [1.165, 1.54) is 14.0 Å². The van der Waals surface area contributed by atoms with Crippen LogP contribution >= 0.6 is 0 Å². The second-order valence-electron chi connectivity index (χ2n) is 12.9. The Bertz CT molecular complexity index is 798. The molecule has 2 N–H and O–H groups in total. The summed E-state index contributed by atoms with van der Waals surface area (Å²) in [6.45, 7) is 10.6. The van der Waals surface area contributed by atoms with Crippen molar-refractivity contribution in [2.24, 2.45) is 52.3 Å². The molecule has 6 nitrogen and oxygen atoms in total. The maximum absolute atomic E-state index is 11.9. The minimum atomic E-state index is -0.407. The quantitative estimate of drug-likeness (QED) is 0.520. The zero-order valence-electron chi connectivity index (χ0n) is 22.7. The molecule has 0 radical (unpaired) electrons. The van der Waals surface area contributed by atoms with Crippen LogP contribution in [0.4, 0.5) is 0 Å². The van der Waals surface area contributed by atoms with E-state index < -0.39 is 6.10 Å². The summed E-state index contributed by atoms with van der Waals surface area (Å²) < 4.78 is 10.5. The molecular formula is C29H48O6. The second kappa shape index (κ2) is 9.96. The molecule has 0 aromatic rings. The summed E-state index contributed by atoms with van der Waals surface area (Å²) in [6, 6.07) is 0. The van der Waals surface area contributed by atoms with Crippen LogP contribution in [0.5, 0.6) is 0 Å². The summed E-state index contributed by atoms with van der Waals surface area (Å²) >= 11 is 0. The molecule has 4 rings (SSSR count). The van der Waals surface area contributed by atoms with Gasteiger partial charge in [-0.25, -0.2) is 0 Å². The van der Waals surface area contributed by atoms with E-state index in [1.807, 2.05) is 0 Å². The highest BCUT2D eigenvalue weighted by molar-refractivity contribution is 5.69. The van der Waals surface area contributed by atoms with Gasteiger partial charge in [0, 0.05) is 13.3 Å². The predicted molar refractivity (Wildman–Crippen MR) is 133 cm³/mol. The lowest BCUT2D eigenvalue weighted by atomic mass is 9.41. The van der Waals surface area contributed by atoms with Gasteiger partial charge in [0.2, 0.25) is 0 Å². The van der Waals surface area contributed by atoms with Crippen LogP contribution in [0.25, 0.3) is 0 Å². The van der Waals surface area contributed by atoms with Crippen molar-refractivity contribution >= 4 is 11.9 Å². The van der Waals surface area contributed by atoms with Gasteiger partial charge in [-0.05, 0) is 97.2 Å². The third kappa shape index (κ3) is 4.35. The highest BCUT2D eigenvalue weighted by Crippen LogP contribution is 2.69. The van der Waals surface area contributed by atoms with Crippen LogP contribution in [-0.4, -0.2) is 47.6 Å². The predicted octanol–water partition coefficient (Wildman–Crippen LogP) is 4.74. The SMILES string of the molecule is CC[C@H]1C(O)C2C3CC[C@H]([C@H](C)CCC(=O)OC)[C@@]3(C)[C@@H](O)CC2[C@@]2(C)CC[C@@H](OC(C)=O)C[C@@H]12. The van der Waals surface area contributed by atoms with Crippen LogP contribution in [0.1, 0.15) is 92.4 Å². The second-order valence-corrected chi connectivity index (χ2v) is 12.9. The minimum absolute atomic E-state index is 0.0398. The third-order valence-electron chi connectivity index (χ3n) is 11.6. The first kappa shape index (κ1) is 26.9. The average Bonchev–Trinajstić information content (AvgIpc) is 3.17. The molecule has 0 bridgehead atoms. The van der Waals surface area contributed by atoms with Crippen molar-refractivity contribution in [2.75, 3.05) is 7.11 Å². The van der Waals surface area contributed by atoms with E-state index in [0.29, 0.717) is 24.2 Å². The van der Waals surface area contributed by atoms with Gasteiger partial charge >= 0.3 is 11.9 Å². The molecule has 4 saturated carbocycles. The molecule has 4 unspecified atom stereocenters. The van der Waals surface area contributed by atoms with E-state index in [-0.39, 0.29) is 58.6 Å². The van der Waals surface area contributed by atoms with Gasteiger partial charge in [-0.1, -0.05) is 34.1 Å². The van der Waals surface area contributed by atoms with Crippen molar-refractivity contribution in [1.29, 1.82) is 0 Å². The van der Waals surface area contributed by atoms with E-state index in [0.717, 1.165) is 51.4 Å². The molecule has 4 aliphatic carbocycles. The zero-order valence-corrected chi connectivity index (χ0v) is 22.7. The number of carbonyl (C=O) groups is 2. The van der Waals surface area contributed by atoms with Crippen LogP contribution in [0, 0.1) is 52.3 Å². The number of rotatable bonds is 6. The first-order valence-electron chi connectivity index (χ1n) is 14.1. The fraction of sp³-hybridized carbons (Fsp3) is 0.931. The maximum Gasteiger partial charge on any atom is 0.305 e. The molecular weight excluding hydrogens is 444 g/mol. The van der Waals surface area contributed by atoms with Crippen molar-refractivity contribution in [3.8, 4) is 0 Å². The Morgan fingerprint density at radius 2 is 1.77 bits per heavy atom. The summed E-state index contributed by atoms with van der Waals surface area (Å²) in [7, 11) is 1.44. The Hall–Kier alpha value is -1.14. The molecule has 0 saturated heterocycles. The van der Waals surface area contributed by atoms with E-state index in [4.69, 9.17) is 9.47 Å². The molecule has 0 aromatic heterocycles. The first-order valence-corrected chi connectivity index (χ1v) is 14.1. The van der Waals surface area contributed by atoms with Gasteiger partial charge in [-0.15, -0.1) is 0 Å². The molecule has 0 aliphatic heterocycles. The number of hydrogen-bond donors (Lipinski definition) is 2. The van der Waals surface area contributed by atoms with Gasteiger partial charge in [0.15, 0.2) is 0 Å². The molecule has 0 aromatic carbocycles. The summed E-state index contributed by atoms with van der Waals surface area (Å²) in [5.74, 6) is 1.52. The van der Waals surface area contributed by atoms with Crippen molar-refractivity contribution in [1.82, 2.24) is 0 Å². The first-order chi connectivity index (χ1) is 16.5. The largest absolute Gasteiger partial charge is 0.469 e. The minimum Gasteiger partial charge on any atom is -0.469 e. The molecule has 200 valence electrons. The van der Waals surface area contributed by atoms with Gasteiger partial charge in [0.1, 0.15) is 6.10 Å². The fourth-order valence-electron chi connectivity index (χ4n) is 9.86. The molecule has 0 heterocycles. The van der Waals surface area contributed by atoms with Gasteiger partial charge in [-0.2, -0.15) is 0 Å². The number of aliphatic hydroxyl groups is 2. The molecule has 35 heavy (non-hydrogen) atoms. The molecule has 12 atom stereocenters. The molecule has 4 fully saturated rings. The number of fused-ring (bicyclic) bond motifs is 5. The molecule has 4 aliphatic rings. The normalized spacial score (nSPS) is 47.7. The topological polar surface area (TPSA) is 93.1 Å². The van der Waals surface area contributed by atoms with Crippen LogP contribution in [0.15, 0.2) is 0 Å². The third-order valence-corrected chi connectivity index (χ3v) is 11.6. The Balaban J connectivity index is 1.61. The molecule has 6 heteroatoms. The number of hydrogen-bond acceptors (Lipinski definition) is 6. The van der Waals surface area contributed by atoms with Crippen LogP contribution < -0.4 is 0 Å². The van der Waals surface area contributed by atoms with Crippen molar-refractivity contribution < 1.29 is 29.3 Å². The lowest BCUT2D eigenvalue weighted by Crippen LogP contribution is -2.65. The summed E-state index contributed by atoms with van der Waals surface area (Å²) in [6.07, 6.45) is 6.74. The van der Waals surface area contributed by atoms with E-state index in [9.17, 15) is 19.8 Å². The summed E-state index contributed by atoms with van der Waals surface area (Å²) in [5.41, 5.74) is -0.202. The van der Waals surface area contributed by atoms with Crippen molar-refractivity contribution in [3.05, 3.63) is 0 Å². The van der Waals surface area contributed by atoms with E-state index in [2.05, 4.69) is 27.7 Å². The standard InChI is InChI=1S/C29H48O6/c1-7-19-22-14-18(35-17(3)30)12-13-28(22,4)23-15-24(31)29(5)20(16(2)8-11-25(32)34-6)9-10-21(29)26(23)27(19)33/h16,18-24,26-27,31,33H,7-15H2,1-6H3/t16-,18-,19-,20-,21?,22+,23?,24+,26?,27?,28+,29-/m1/s1. The number of ether oxygens (including phenoxy) is 2. The average molecular weight is 493 g/mol. The number of methoxy groups -OCH3 is 1. The Morgan fingerprint density at radius 3 is 2.40 bits per heavy atom. The molecule has 0 spiro atoms. The zero-order chi connectivity index (χ0) is 25.7. The van der Waals surface area contributed by atoms with Gasteiger partial charge in [0.05, 0.1) is 19.3 Å². The van der Waals surface area contributed by atoms with Gasteiger partial charge in [0.25, 0.3) is 0 Å². The van der Waals surface area contributed by atoms with Crippen molar-refractivity contribution in [3.63, 3.8) is 0 Å².